The van der Waals surface area contributed by atoms with Crippen molar-refractivity contribution in [1.82, 2.24) is 15.1 Å². The third-order valence-corrected chi connectivity index (χ3v) is 6.40. The van der Waals surface area contributed by atoms with Crippen molar-refractivity contribution in [1.29, 1.82) is 0 Å². The molecule has 5 rings (SSSR count). The van der Waals surface area contributed by atoms with Gasteiger partial charge < -0.3 is 20.1 Å². The van der Waals surface area contributed by atoms with E-state index in [-0.39, 0.29) is 11.8 Å². The molecular formula is C24H29N3O3. The fraction of sp³-hybridized carbons (Fsp3) is 0.458. The highest BCUT2D eigenvalue weighted by Crippen LogP contribution is 2.30. The van der Waals surface area contributed by atoms with E-state index in [2.05, 4.69) is 46.6 Å². The molecule has 3 heterocycles. The van der Waals surface area contributed by atoms with Crippen LogP contribution in [0.1, 0.15) is 17.5 Å². The molecule has 1 aromatic carbocycles. The molecule has 4 aliphatic rings. The van der Waals surface area contributed by atoms with E-state index in [9.17, 15) is 9.90 Å². The lowest BCUT2D eigenvalue weighted by Crippen LogP contribution is -2.46. The zero-order valence-electron chi connectivity index (χ0n) is 17.2. The summed E-state index contributed by atoms with van der Waals surface area (Å²) in [5.74, 6) is 0.135. The molecule has 0 radical (unpaired) electrons. The van der Waals surface area contributed by atoms with Crippen molar-refractivity contribution in [3.05, 3.63) is 71.1 Å². The van der Waals surface area contributed by atoms with E-state index in [1.807, 2.05) is 12.3 Å². The van der Waals surface area contributed by atoms with Crippen molar-refractivity contribution in [2.45, 2.75) is 31.5 Å². The Bertz CT molecular complexity index is 903. The topological polar surface area (TPSA) is 65.0 Å². The van der Waals surface area contributed by atoms with Gasteiger partial charge >= 0.3 is 0 Å². The highest BCUT2D eigenvalue weighted by Gasteiger charge is 2.31. The van der Waals surface area contributed by atoms with Crippen molar-refractivity contribution in [2.75, 3.05) is 32.8 Å². The van der Waals surface area contributed by atoms with Crippen LogP contribution in [0.2, 0.25) is 0 Å². The number of aliphatic hydroxyl groups excluding tert-OH is 1. The van der Waals surface area contributed by atoms with Gasteiger partial charge in [0, 0.05) is 43.0 Å². The molecule has 2 N–H and O–H groups in total. The summed E-state index contributed by atoms with van der Waals surface area (Å²) < 4.78 is 5.22. The van der Waals surface area contributed by atoms with Crippen LogP contribution in [0.25, 0.3) is 0 Å². The van der Waals surface area contributed by atoms with Crippen molar-refractivity contribution < 1.29 is 14.6 Å². The van der Waals surface area contributed by atoms with Gasteiger partial charge in [-0.2, -0.15) is 0 Å². The summed E-state index contributed by atoms with van der Waals surface area (Å²) in [4.78, 5) is 17.0. The Morgan fingerprint density at radius 2 is 2.03 bits per heavy atom. The number of allylic oxidation sites excluding steroid dienone is 3. The first kappa shape index (κ1) is 19.5. The molecule has 2 unspecified atom stereocenters. The first-order chi connectivity index (χ1) is 14.7. The maximum atomic E-state index is 13.1. The number of carbonyl (C=O) groups is 1. The molecule has 2 atom stereocenters. The quantitative estimate of drug-likeness (QED) is 0.750. The van der Waals surface area contributed by atoms with Crippen LogP contribution in [0.5, 0.6) is 0 Å². The molecule has 0 aromatic heterocycles. The van der Waals surface area contributed by atoms with E-state index in [1.165, 1.54) is 11.1 Å². The molecule has 3 aliphatic heterocycles. The zero-order valence-corrected chi connectivity index (χ0v) is 17.2. The minimum atomic E-state index is -0.579. The number of aliphatic hydroxyl groups is 1. The number of nitrogens with one attached hydrogen (secondary N) is 1. The molecular weight excluding hydrogens is 378 g/mol. The second-order valence-electron chi connectivity index (χ2n) is 8.69. The summed E-state index contributed by atoms with van der Waals surface area (Å²) >= 11 is 0. The summed E-state index contributed by atoms with van der Waals surface area (Å²) in [5.41, 5.74) is 4.55. The molecule has 1 saturated heterocycles. The maximum Gasteiger partial charge on any atom is 0.254 e. The van der Waals surface area contributed by atoms with Gasteiger partial charge in [0.1, 0.15) is 0 Å². The second kappa shape index (κ2) is 8.38. The number of hydrogen-bond donors (Lipinski definition) is 2. The van der Waals surface area contributed by atoms with Gasteiger partial charge in [-0.05, 0) is 30.0 Å². The van der Waals surface area contributed by atoms with Crippen LogP contribution >= 0.6 is 0 Å². The number of nitrogens with zero attached hydrogens (tertiary/aromatic N) is 2. The zero-order chi connectivity index (χ0) is 20.5. The molecule has 1 amide bonds. The largest absolute Gasteiger partial charge is 0.390 e. The monoisotopic (exact) mass is 407 g/mol. The van der Waals surface area contributed by atoms with E-state index >= 15 is 0 Å². The Morgan fingerprint density at radius 3 is 2.83 bits per heavy atom. The maximum absolute atomic E-state index is 13.1. The molecule has 1 aromatic rings. The lowest BCUT2D eigenvalue weighted by atomic mass is 9.87. The van der Waals surface area contributed by atoms with Crippen molar-refractivity contribution in [3.8, 4) is 0 Å². The van der Waals surface area contributed by atoms with Gasteiger partial charge in [-0.3, -0.25) is 9.69 Å². The minimum Gasteiger partial charge on any atom is -0.390 e. The van der Waals surface area contributed by atoms with Gasteiger partial charge in [-0.1, -0.05) is 36.4 Å². The number of ether oxygens (including phenoxy) is 1. The van der Waals surface area contributed by atoms with Gasteiger partial charge in [0.2, 0.25) is 0 Å². The van der Waals surface area contributed by atoms with E-state index in [0.29, 0.717) is 19.1 Å². The third-order valence-electron chi connectivity index (χ3n) is 6.40. The summed E-state index contributed by atoms with van der Waals surface area (Å²) in [6.45, 7) is 4.13. The Balaban J connectivity index is 1.19. The first-order valence-electron chi connectivity index (χ1n) is 10.9. The number of benzene rings is 1. The first-order valence-corrected chi connectivity index (χ1v) is 10.9. The summed E-state index contributed by atoms with van der Waals surface area (Å²) in [5, 5.41) is 14.1. The molecule has 6 heteroatoms. The van der Waals surface area contributed by atoms with Crippen LogP contribution in [0.4, 0.5) is 0 Å². The number of hydrogen-bond acceptors (Lipinski definition) is 5. The fourth-order valence-electron chi connectivity index (χ4n) is 4.65. The van der Waals surface area contributed by atoms with Crippen molar-refractivity contribution >= 4 is 5.91 Å². The van der Waals surface area contributed by atoms with Gasteiger partial charge in [0.25, 0.3) is 5.91 Å². The highest BCUT2D eigenvalue weighted by molar-refractivity contribution is 5.96. The van der Waals surface area contributed by atoms with Crippen LogP contribution in [-0.4, -0.2) is 65.8 Å². The normalized spacial score (nSPS) is 25.0. The Kier molecular flexibility index (Phi) is 5.46. The molecule has 30 heavy (non-hydrogen) atoms. The van der Waals surface area contributed by atoms with Gasteiger partial charge in [0.15, 0.2) is 0 Å². The van der Waals surface area contributed by atoms with Crippen LogP contribution in [-0.2, 0) is 22.5 Å². The lowest BCUT2D eigenvalue weighted by molar-refractivity contribution is -0.127. The van der Waals surface area contributed by atoms with Crippen molar-refractivity contribution in [3.63, 3.8) is 0 Å². The van der Waals surface area contributed by atoms with Crippen LogP contribution in [0, 0.1) is 5.92 Å². The molecule has 6 nitrogen and oxygen atoms in total. The fourth-order valence-corrected chi connectivity index (χ4v) is 4.65. The summed E-state index contributed by atoms with van der Waals surface area (Å²) in [7, 11) is 0. The van der Waals surface area contributed by atoms with E-state index in [0.717, 1.165) is 50.4 Å². The van der Waals surface area contributed by atoms with Crippen LogP contribution < -0.4 is 5.32 Å². The highest BCUT2D eigenvalue weighted by atomic mass is 16.5. The Morgan fingerprint density at radius 1 is 1.20 bits per heavy atom. The average Bonchev–Trinajstić information content (AvgIpc) is 2.73. The molecule has 1 aliphatic carbocycles. The summed E-state index contributed by atoms with van der Waals surface area (Å²) in [6, 6.07) is 8.84. The van der Waals surface area contributed by atoms with E-state index in [4.69, 9.17) is 4.74 Å². The predicted molar refractivity (Wildman–Crippen MR) is 114 cm³/mol. The molecule has 1 fully saturated rings. The number of rotatable bonds is 6. The predicted octanol–water partition coefficient (Wildman–Crippen LogP) is 1.58. The molecule has 0 saturated carbocycles. The van der Waals surface area contributed by atoms with Gasteiger partial charge in [-0.15, -0.1) is 0 Å². The van der Waals surface area contributed by atoms with E-state index in [1.54, 1.807) is 4.90 Å². The second-order valence-corrected chi connectivity index (χ2v) is 8.69. The lowest BCUT2D eigenvalue weighted by Gasteiger charge is -2.35. The van der Waals surface area contributed by atoms with Crippen molar-refractivity contribution in [2.24, 2.45) is 5.92 Å². The Labute approximate surface area is 177 Å². The number of fused-ring (bicyclic) bond motifs is 2. The Hall–Kier alpha value is -2.41. The third kappa shape index (κ3) is 4.08. The van der Waals surface area contributed by atoms with Gasteiger partial charge in [0.05, 0.1) is 31.9 Å². The molecule has 0 spiro atoms. The molecule has 158 valence electrons. The SMILES string of the molecule is O=C1C2=CC(NC3COC3)=CCC2C=CN1CC(O)CN1CCc2ccccc2C1. The van der Waals surface area contributed by atoms with Crippen LogP contribution in [0.15, 0.2) is 60.0 Å². The molecule has 0 bridgehead atoms. The van der Waals surface area contributed by atoms with E-state index < -0.39 is 6.10 Å². The minimum absolute atomic E-state index is 0.00259. The standard InChI is InChI=1S/C24H29N3O3/c28-22(13-26-9-7-17-3-1-2-4-19(17)12-26)14-27-10-8-18-5-6-20(11-23(18)24(27)29)25-21-15-30-16-21/h1-4,6,8,10-11,18,21-22,25,28H,5,7,9,12-16H2. The number of carbonyl (C=O) groups excluding carboxylic acids is 1. The van der Waals surface area contributed by atoms with Crippen LogP contribution in [0.3, 0.4) is 0 Å². The summed E-state index contributed by atoms with van der Waals surface area (Å²) in [6.07, 6.45) is 9.32. The smallest absolute Gasteiger partial charge is 0.254 e. The van der Waals surface area contributed by atoms with Gasteiger partial charge in [-0.25, -0.2) is 0 Å². The number of β-amino-alcohol motifs (C(OH)–C–C–N with tert-alkyl or cyclic N) is 1. The average molecular weight is 408 g/mol. The number of amides is 1.